The molecule has 0 aliphatic carbocycles. The first-order valence-electron chi connectivity index (χ1n) is 8.17. The van der Waals surface area contributed by atoms with E-state index in [-0.39, 0.29) is 22.9 Å². The first kappa shape index (κ1) is 21.1. The molecule has 3 N–H and O–H groups in total. The number of carbonyl (C=O) groups excluding carboxylic acids is 1. The van der Waals surface area contributed by atoms with E-state index in [1.807, 2.05) is 0 Å². The van der Waals surface area contributed by atoms with Crippen LogP contribution in [0.2, 0.25) is 5.02 Å². The number of methoxy groups -OCH3 is 2. The van der Waals surface area contributed by atoms with Gasteiger partial charge in [-0.3, -0.25) is 4.79 Å². The molecule has 0 aliphatic heterocycles. The SMILES string of the molecule is COc1cc(/C=N/NC(=O)c2ccc(O)c(Cl)c2)cc(C#CCCO)c1OC. The number of aliphatic hydroxyl groups excluding tert-OH is 1. The number of hydrogen-bond donors (Lipinski definition) is 3. The summed E-state index contributed by atoms with van der Waals surface area (Å²) in [5.74, 6) is 6.07. The molecular formula is C20H19ClN2O5. The molecule has 0 saturated heterocycles. The molecule has 0 saturated carbocycles. The van der Waals surface area contributed by atoms with Gasteiger partial charge in [-0.2, -0.15) is 5.10 Å². The van der Waals surface area contributed by atoms with Gasteiger partial charge < -0.3 is 19.7 Å². The molecular weight excluding hydrogens is 384 g/mol. The summed E-state index contributed by atoms with van der Waals surface area (Å²) in [7, 11) is 3.01. The van der Waals surface area contributed by atoms with Gasteiger partial charge in [0, 0.05) is 12.0 Å². The third kappa shape index (κ3) is 5.39. The number of rotatable bonds is 6. The number of phenols is 1. The third-order valence-corrected chi connectivity index (χ3v) is 3.85. The summed E-state index contributed by atoms with van der Waals surface area (Å²) in [6, 6.07) is 7.50. The summed E-state index contributed by atoms with van der Waals surface area (Å²) in [6.45, 7) is -0.0408. The molecule has 2 aromatic rings. The van der Waals surface area contributed by atoms with Gasteiger partial charge in [0.15, 0.2) is 11.5 Å². The van der Waals surface area contributed by atoms with Crippen molar-refractivity contribution < 1.29 is 24.5 Å². The smallest absolute Gasteiger partial charge is 0.271 e. The van der Waals surface area contributed by atoms with Crippen LogP contribution in [0.5, 0.6) is 17.2 Å². The minimum atomic E-state index is -0.485. The van der Waals surface area contributed by atoms with Gasteiger partial charge in [-0.25, -0.2) is 5.43 Å². The van der Waals surface area contributed by atoms with E-state index >= 15 is 0 Å². The molecule has 0 spiro atoms. The molecule has 0 aromatic heterocycles. The zero-order chi connectivity index (χ0) is 20.5. The minimum absolute atomic E-state index is 0.0408. The van der Waals surface area contributed by atoms with Crippen molar-refractivity contribution in [1.82, 2.24) is 5.43 Å². The van der Waals surface area contributed by atoms with Crippen molar-refractivity contribution in [2.75, 3.05) is 20.8 Å². The average Bonchev–Trinajstić information content (AvgIpc) is 2.69. The van der Waals surface area contributed by atoms with E-state index in [1.54, 1.807) is 12.1 Å². The Morgan fingerprint density at radius 2 is 2.07 bits per heavy atom. The Balaban J connectivity index is 2.22. The van der Waals surface area contributed by atoms with Gasteiger partial charge in [0.05, 0.1) is 37.6 Å². The van der Waals surface area contributed by atoms with E-state index in [2.05, 4.69) is 22.4 Å². The number of hydrazone groups is 1. The molecule has 0 unspecified atom stereocenters. The predicted octanol–water partition coefficient (Wildman–Crippen LogP) is 2.56. The van der Waals surface area contributed by atoms with Crippen LogP contribution in [0, 0.1) is 11.8 Å². The Kier molecular flexibility index (Phi) is 7.69. The largest absolute Gasteiger partial charge is 0.506 e. The average molecular weight is 403 g/mol. The van der Waals surface area contributed by atoms with Crippen LogP contribution in [0.25, 0.3) is 0 Å². The molecule has 2 aromatic carbocycles. The Labute approximate surface area is 167 Å². The second kappa shape index (κ2) is 10.2. The normalized spacial score (nSPS) is 10.3. The topological polar surface area (TPSA) is 100 Å². The van der Waals surface area contributed by atoms with E-state index < -0.39 is 5.91 Å². The lowest BCUT2D eigenvalue weighted by molar-refractivity contribution is 0.0955. The number of halogens is 1. The highest BCUT2D eigenvalue weighted by Crippen LogP contribution is 2.31. The van der Waals surface area contributed by atoms with E-state index in [9.17, 15) is 9.90 Å². The molecule has 8 heteroatoms. The van der Waals surface area contributed by atoms with Gasteiger partial charge in [0.25, 0.3) is 5.91 Å². The van der Waals surface area contributed by atoms with E-state index in [0.29, 0.717) is 29.0 Å². The molecule has 0 bridgehead atoms. The molecule has 0 fully saturated rings. The van der Waals surface area contributed by atoms with Crippen LogP contribution >= 0.6 is 11.6 Å². The molecule has 7 nitrogen and oxygen atoms in total. The summed E-state index contributed by atoms with van der Waals surface area (Å²) in [5, 5.41) is 22.3. The van der Waals surface area contributed by atoms with Crippen LogP contribution in [0.4, 0.5) is 0 Å². The monoisotopic (exact) mass is 402 g/mol. The molecule has 2 rings (SSSR count). The van der Waals surface area contributed by atoms with Crippen LogP contribution in [0.1, 0.15) is 27.9 Å². The number of carbonyl (C=O) groups is 1. The van der Waals surface area contributed by atoms with Gasteiger partial charge >= 0.3 is 0 Å². The molecule has 0 radical (unpaired) electrons. The van der Waals surface area contributed by atoms with Crippen molar-refractivity contribution in [3.8, 4) is 29.1 Å². The van der Waals surface area contributed by atoms with Gasteiger partial charge in [-0.1, -0.05) is 23.4 Å². The van der Waals surface area contributed by atoms with Crippen LogP contribution in [0.15, 0.2) is 35.4 Å². The Bertz CT molecular complexity index is 948. The summed E-state index contributed by atoms with van der Waals surface area (Å²) >= 11 is 5.80. The number of aliphatic hydroxyl groups is 1. The minimum Gasteiger partial charge on any atom is -0.506 e. The summed E-state index contributed by atoms with van der Waals surface area (Å²) in [6.07, 6.45) is 1.76. The van der Waals surface area contributed by atoms with Crippen molar-refractivity contribution in [3.05, 3.63) is 52.0 Å². The number of ether oxygens (including phenoxy) is 2. The maximum absolute atomic E-state index is 12.1. The second-order valence-electron chi connectivity index (χ2n) is 5.44. The van der Waals surface area contributed by atoms with Crippen LogP contribution in [-0.2, 0) is 0 Å². The molecule has 0 heterocycles. The summed E-state index contributed by atoms with van der Waals surface area (Å²) < 4.78 is 10.7. The highest BCUT2D eigenvalue weighted by Gasteiger charge is 2.11. The summed E-state index contributed by atoms with van der Waals surface area (Å²) in [5.41, 5.74) is 3.82. The summed E-state index contributed by atoms with van der Waals surface area (Å²) in [4.78, 5) is 12.1. The van der Waals surface area contributed by atoms with Crippen molar-refractivity contribution in [3.63, 3.8) is 0 Å². The van der Waals surface area contributed by atoms with Crippen LogP contribution < -0.4 is 14.9 Å². The Morgan fingerprint density at radius 3 is 2.71 bits per heavy atom. The fourth-order valence-electron chi connectivity index (χ4n) is 2.24. The van der Waals surface area contributed by atoms with E-state index in [1.165, 1.54) is 38.6 Å². The van der Waals surface area contributed by atoms with Gasteiger partial charge in [0.2, 0.25) is 0 Å². The lowest BCUT2D eigenvalue weighted by Crippen LogP contribution is -2.17. The maximum Gasteiger partial charge on any atom is 0.271 e. The fourth-order valence-corrected chi connectivity index (χ4v) is 2.43. The lowest BCUT2D eigenvalue weighted by Gasteiger charge is -2.10. The van der Waals surface area contributed by atoms with Crippen molar-refractivity contribution in [2.45, 2.75) is 6.42 Å². The highest BCUT2D eigenvalue weighted by atomic mass is 35.5. The standard InChI is InChI=1S/C20H19ClN2O5/c1-27-18-10-13(9-14(19(18)28-2)5-3-4-8-24)12-22-23-20(26)15-6-7-17(25)16(21)11-15/h6-7,9-12,24-25H,4,8H2,1-2H3,(H,23,26)/b22-12+. The number of benzene rings is 2. The van der Waals surface area contributed by atoms with E-state index in [4.69, 9.17) is 26.2 Å². The number of nitrogens with one attached hydrogen (secondary N) is 1. The first-order valence-corrected chi connectivity index (χ1v) is 8.55. The molecule has 1 amide bonds. The van der Waals surface area contributed by atoms with Gasteiger partial charge in [-0.05, 0) is 35.9 Å². The Hall–Kier alpha value is -3.21. The molecule has 0 atom stereocenters. The number of amides is 1. The number of aromatic hydroxyl groups is 1. The zero-order valence-electron chi connectivity index (χ0n) is 15.3. The number of hydrogen-bond acceptors (Lipinski definition) is 6. The quantitative estimate of drug-likeness (QED) is 0.391. The van der Waals surface area contributed by atoms with Crippen LogP contribution in [-0.4, -0.2) is 43.2 Å². The zero-order valence-corrected chi connectivity index (χ0v) is 16.1. The first-order chi connectivity index (χ1) is 13.5. The number of nitrogens with zero attached hydrogens (tertiary/aromatic N) is 1. The molecule has 0 aliphatic rings. The molecule has 146 valence electrons. The van der Waals surface area contributed by atoms with Gasteiger partial charge in [0.1, 0.15) is 5.75 Å². The second-order valence-corrected chi connectivity index (χ2v) is 5.85. The van der Waals surface area contributed by atoms with E-state index in [0.717, 1.165) is 0 Å². The predicted molar refractivity (Wildman–Crippen MR) is 106 cm³/mol. The third-order valence-electron chi connectivity index (χ3n) is 3.55. The van der Waals surface area contributed by atoms with Crippen molar-refractivity contribution in [2.24, 2.45) is 5.10 Å². The van der Waals surface area contributed by atoms with Crippen molar-refractivity contribution in [1.29, 1.82) is 0 Å². The Morgan fingerprint density at radius 1 is 1.29 bits per heavy atom. The maximum atomic E-state index is 12.1. The van der Waals surface area contributed by atoms with Gasteiger partial charge in [-0.15, -0.1) is 0 Å². The fraction of sp³-hybridized carbons (Fsp3) is 0.200. The number of phenolic OH excluding ortho intramolecular Hbond substituents is 1. The molecule has 28 heavy (non-hydrogen) atoms. The lowest BCUT2D eigenvalue weighted by atomic mass is 10.1. The van der Waals surface area contributed by atoms with Crippen molar-refractivity contribution >= 4 is 23.7 Å². The van der Waals surface area contributed by atoms with Crippen LogP contribution in [0.3, 0.4) is 0 Å². The highest BCUT2D eigenvalue weighted by molar-refractivity contribution is 6.32.